The van der Waals surface area contributed by atoms with Gasteiger partial charge in [-0.05, 0) is 39.7 Å². The molecule has 0 heterocycles. The maximum absolute atomic E-state index is 11.4. The standard InChI is InChI=1S/C11H21NO3S/c1-8(13)9(6-7-16-5)15-10(14)12-11(2,3)4/h9H,6-7H2,1-5H3,(H,12,14)/t9-/m0/s1. The van der Waals surface area contributed by atoms with E-state index in [1.54, 1.807) is 11.8 Å². The van der Waals surface area contributed by atoms with E-state index in [4.69, 9.17) is 4.74 Å². The molecule has 0 aromatic carbocycles. The molecule has 0 aromatic heterocycles. The topological polar surface area (TPSA) is 55.4 Å². The fourth-order valence-corrected chi connectivity index (χ4v) is 1.48. The second kappa shape index (κ2) is 6.78. The normalized spacial score (nSPS) is 13.1. The summed E-state index contributed by atoms with van der Waals surface area (Å²) < 4.78 is 5.08. The molecule has 0 rings (SSSR count). The number of hydrogen-bond donors (Lipinski definition) is 1. The largest absolute Gasteiger partial charge is 0.438 e. The zero-order valence-electron chi connectivity index (χ0n) is 10.6. The van der Waals surface area contributed by atoms with Crippen LogP contribution in [0.4, 0.5) is 4.79 Å². The molecule has 5 heteroatoms. The summed E-state index contributed by atoms with van der Waals surface area (Å²) in [5.74, 6) is 0.686. The Bertz CT molecular complexity index is 248. The van der Waals surface area contributed by atoms with Crippen molar-refractivity contribution in [3.63, 3.8) is 0 Å². The predicted octanol–water partition coefficient (Wildman–Crippen LogP) is 2.22. The number of thioether (sulfide) groups is 1. The Kier molecular flexibility index (Phi) is 6.48. The molecule has 0 unspecified atom stereocenters. The van der Waals surface area contributed by atoms with Crippen LogP contribution in [0.25, 0.3) is 0 Å². The highest BCUT2D eigenvalue weighted by Crippen LogP contribution is 2.07. The maximum atomic E-state index is 11.4. The summed E-state index contributed by atoms with van der Waals surface area (Å²) in [6, 6.07) is 0. The number of hydrogen-bond acceptors (Lipinski definition) is 4. The summed E-state index contributed by atoms with van der Waals surface area (Å²) in [7, 11) is 0. The number of carbonyl (C=O) groups excluding carboxylic acids is 2. The van der Waals surface area contributed by atoms with Gasteiger partial charge in [0.2, 0.25) is 0 Å². The van der Waals surface area contributed by atoms with Crippen LogP contribution in [0.5, 0.6) is 0 Å². The molecule has 4 nitrogen and oxygen atoms in total. The molecular weight excluding hydrogens is 226 g/mol. The van der Waals surface area contributed by atoms with Crippen molar-refractivity contribution in [3.8, 4) is 0 Å². The second-order valence-corrected chi connectivity index (χ2v) is 5.65. The first-order valence-electron chi connectivity index (χ1n) is 5.24. The van der Waals surface area contributed by atoms with E-state index < -0.39 is 12.2 Å². The molecule has 0 aliphatic carbocycles. The van der Waals surface area contributed by atoms with E-state index in [0.717, 1.165) is 5.75 Å². The summed E-state index contributed by atoms with van der Waals surface area (Å²) in [4.78, 5) is 22.7. The Morgan fingerprint density at radius 2 is 1.94 bits per heavy atom. The van der Waals surface area contributed by atoms with Crippen molar-refractivity contribution >= 4 is 23.6 Å². The summed E-state index contributed by atoms with van der Waals surface area (Å²) in [6.45, 7) is 7.02. The highest BCUT2D eigenvalue weighted by Gasteiger charge is 2.21. The minimum absolute atomic E-state index is 0.113. The van der Waals surface area contributed by atoms with E-state index in [0.29, 0.717) is 6.42 Å². The van der Waals surface area contributed by atoms with Gasteiger partial charge in [-0.15, -0.1) is 0 Å². The zero-order chi connectivity index (χ0) is 12.8. The first-order chi connectivity index (χ1) is 7.26. The Labute approximate surface area is 101 Å². The lowest BCUT2D eigenvalue weighted by Crippen LogP contribution is -2.43. The van der Waals surface area contributed by atoms with Gasteiger partial charge in [0.25, 0.3) is 0 Å². The molecule has 1 N–H and O–H groups in total. The van der Waals surface area contributed by atoms with Gasteiger partial charge in [-0.3, -0.25) is 4.79 Å². The number of nitrogens with one attached hydrogen (secondary N) is 1. The number of ketones is 1. The average molecular weight is 247 g/mol. The van der Waals surface area contributed by atoms with Crippen molar-refractivity contribution in [2.45, 2.75) is 45.8 Å². The van der Waals surface area contributed by atoms with Crippen LogP contribution in [0.15, 0.2) is 0 Å². The lowest BCUT2D eigenvalue weighted by molar-refractivity contribution is -0.125. The third-order valence-electron chi connectivity index (χ3n) is 1.76. The van der Waals surface area contributed by atoms with Gasteiger partial charge in [0.15, 0.2) is 11.9 Å². The Morgan fingerprint density at radius 1 is 1.38 bits per heavy atom. The van der Waals surface area contributed by atoms with Gasteiger partial charge in [0.05, 0.1) is 0 Å². The molecule has 0 saturated heterocycles. The van der Waals surface area contributed by atoms with Gasteiger partial charge in [-0.2, -0.15) is 11.8 Å². The van der Waals surface area contributed by atoms with E-state index in [1.165, 1.54) is 6.92 Å². The molecule has 0 aliphatic rings. The van der Waals surface area contributed by atoms with Crippen LogP contribution in [0.1, 0.15) is 34.1 Å². The van der Waals surface area contributed by atoms with Crippen LogP contribution in [0.3, 0.4) is 0 Å². The minimum atomic E-state index is -0.630. The molecule has 0 bridgehead atoms. The van der Waals surface area contributed by atoms with Gasteiger partial charge in [-0.1, -0.05) is 0 Å². The van der Waals surface area contributed by atoms with Crippen molar-refractivity contribution in [2.24, 2.45) is 0 Å². The molecule has 0 fully saturated rings. The summed E-state index contributed by atoms with van der Waals surface area (Å²) in [6.07, 6.45) is 1.35. The Balaban J connectivity index is 4.19. The van der Waals surface area contributed by atoms with Crippen molar-refractivity contribution < 1.29 is 14.3 Å². The SMILES string of the molecule is CSCC[C@H](OC(=O)NC(C)(C)C)C(C)=O. The first-order valence-corrected chi connectivity index (χ1v) is 6.64. The van der Waals surface area contributed by atoms with Gasteiger partial charge < -0.3 is 10.1 Å². The van der Waals surface area contributed by atoms with Crippen LogP contribution in [-0.4, -0.2) is 35.5 Å². The molecule has 0 aliphatic heterocycles. The number of rotatable bonds is 5. The fraction of sp³-hybridized carbons (Fsp3) is 0.818. The van der Waals surface area contributed by atoms with E-state index in [2.05, 4.69) is 5.32 Å². The fourth-order valence-electron chi connectivity index (χ4n) is 1.03. The quantitative estimate of drug-likeness (QED) is 0.809. The number of carbonyl (C=O) groups is 2. The number of amides is 1. The zero-order valence-corrected chi connectivity index (χ0v) is 11.4. The van der Waals surface area contributed by atoms with Gasteiger partial charge >= 0.3 is 6.09 Å². The van der Waals surface area contributed by atoms with Crippen LogP contribution < -0.4 is 5.32 Å². The van der Waals surface area contributed by atoms with E-state index in [1.807, 2.05) is 27.0 Å². The summed E-state index contributed by atoms with van der Waals surface area (Å²) in [5.41, 5.74) is -0.349. The number of Topliss-reactive ketones (excluding diaryl/α,β-unsaturated/α-hetero) is 1. The molecule has 94 valence electrons. The van der Waals surface area contributed by atoms with Gasteiger partial charge in [0, 0.05) is 12.0 Å². The smallest absolute Gasteiger partial charge is 0.408 e. The summed E-state index contributed by atoms with van der Waals surface area (Å²) in [5, 5.41) is 2.66. The van der Waals surface area contributed by atoms with E-state index >= 15 is 0 Å². The minimum Gasteiger partial charge on any atom is -0.438 e. The van der Waals surface area contributed by atoms with Crippen molar-refractivity contribution in [2.75, 3.05) is 12.0 Å². The molecule has 0 spiro atoms. The highest BCUT2D eigenvalue weighted by atomic mass is 32.2. The summed E-state index contributed by atoms with van der Waals surface area (Å²) >= 11 is 1.62. The third kappa shape index (κ3) is 7.56. The van der Waals surface area contributed by atoms with Crippen LogP contribution in [-0.2, 0) is 9.53 Å². The molecule has 0 aromatic rings. The average Bonchev–Trinajstić information content (AvgIpc) is 2.08. The van der Waals surface area contributed by atoms with Crippen LogP contribution in [0.2, 0.25) is 0 Å². The molecule has 1 amide bonds. The highest BCUT2D eigenvalue weighted by molar-refractivity contribution is 7.98. The second-order valence-electron chi connectivity index (χ2n) is 4.66. The lowest BCUT2D eigenvalue weighted by atomic mass is 10.1. The van der Waals surface area contributed by atoms with Crippen molar-refractivity contribution in [3.05, 3.63) is 0 Å². The number of ether oxygens (including phenoxy) is 1. The Morgan fingerprint density at radius 3 is 2.31 bits per heavy atom. The maximum Gasteiger partial charge on any atom is 0.408 e. The Hall–Kier alpha value is -0.710. The third-order valence-corrected chi connectivity index (χ3v) is 2.41. The molecule has 0 saturated carbocycles. The molecule has 0 radical (unpaired) electrons. The van der Waals surface area contributed by atoms with Crippen LogP contribution in [0, 0.1) is 0 Å². The predicted molar refractivity (Wildman–Crippen MR) is 66.8 cm³/mol. The van der Waals surface area contributed by atoms with Crippen molar-refractivity contribution in [1.29, 1.82) is 0 Å². The molecular formula is C11H21NO3S. The van der Waals surface area contributed by atoms with E-state index in [9.17, 15) is 9.59 Å². The number of alkyl carbamates (subject to hydrolysis) is 1. The van der Waals surface area contributed by atoms with Gasteiger partial charge in [0.1, 0.15) is 0 Å². The van der Waals surface area contributed by atoms with Crippen LogP contribution >= 0.6 is 11.8 Å². The monoisotopic (exact) mass is 247 g/mol. The van der Waals surface area contributed by atoms with E-state index in [-0.39, 0.29) is 11.3 Å². The van der Waals surface area contributed by atoms with Crippen molar-refractivity contribution in [1.82, 2.24) is 5.32 Å². The molecule has 1 atom stereocenters. The first kappa shape index (κ1) is 15.3. The van der Waals surface area contributed by atoms with Gasteiger partial charge in [-0.25, -0.2) is 4.79 Å². The molecule has 16 heavy (non-hydrogen) atoms. The lowest BCUT2D eigenvalue weighted by Gasteiger charge is -2.22.